The summed E-state index contributed by atoms with van der Waals surface area (Å²) in [4.78, 5) is 31.9. The Morgan fingerprint density at radius 2 is 2.33 bits per heavy atom. The van der Waals surface area contributed by atoms with E-state index in [9.17, 15) is 4.79 Å². The minimum atomic E-state index is 0.0913. The largest absolute Gasteiger partial charge is 0.376 e. The van der Waals surface area contributed by atoms with E-state index in [-0.39, 0.29) is 18.6 Å². The molecule has 1 amide bonds. The first-order valence-electron chi connectivity index (χ1n) is 8.43. The number of carbonyl (C=O) groups excluding carboxylic acids is 1. The van der Waals surface area contributed by atoms with Crippen molar-refractivity contribution in [1.82, 2.24) is 24.8 Å². The van der Waals surface area contributed by atoms with Crippen molar-refractivity contribution in [2.45, 2.75) is 32.3 Å². The van der Waals surface area contributed by atoms with Crippen molar-refractivity contribution < 1.29 is 9.53 Å². The van der Waals surface area contributed by atoms with E-state index >= 15 is 0 Å². The molecule has 0 radical (unpaired) electrons. The van der Waals surface area contributed by atoms with Gasteiger partial charge in [0.25, 0.3) is 0 Å². The van der Waals surface area contributed by atoms with Crippen molar-refractivity contribution in [2.24, 2.45) is 0 Å². The lowest BCUT2D eigenvalue weighted by molar-refractivity contribution is -0.133. The van der Waals surface area contributed by atoms with Crippen LogP contribution in [0, 0.1) is 0 Å². The molecule has 1 atom stereocenters. The van der Waals surface area contributed by atoms with E-state index in [4.69, 9.17) is 4.74 Å². The standard InChI is InChI=1S/C16H24N6O2/c1-3-7-24-12-5-4-6-22(8-12)13(23)9-21(2)16-14-15(18-10-17-14)19-11-20-16/h10-12H,3-9H2,1-2H3,(H,17,18,19,20)/t12-/m1/s1. The molecule has 0 aromatic carbocycles. The van der Waals surface area contributed by atoms with Gasteiger partial charge in [0.15, 0.2) is 11.5 Å². The van der Waals surface area contributed by atoms with Crippen LogP contribution in [0.25, 0.3) is 11.2 Å². The molecule has 1 aliphatic heterocycles. The van der Waals surface area contributed by atoms with E-state index in [0.717, 1.165) is 37.9 Å². The summed E-state index contributed by atoms with van der Waals surface area (Å²) >= 11 is 0. The van der Waals surface area contributed by atoms with Gasteiger partial charge in [-0.3, -0.25) is 4.79 Å². The van der Waals surface area contributed by atoms with E-state index in [0.29, 0.717) is 18.0 Å². The Bertz CT molecular complexity index is 688. The maximum atomic E-state index is 12.6. The van der Waals surface area contributed by atoms with E-state index in [1.165, 1.54) is 6.33 Å². The molecule has 0 unspecified atom stereocenters. The fourth-order valence-electron chi connectivity index (χ4n) is 3.00. The van der Waals surface area contributed by atoms with Crippen LogP contribution in [0.3, 0.4) is 0 Å². The van der Waals surface area contributed by atoms with Crippen LogP contribution in [-0.2, 0) is 9.53 Å². The van der Waals surface area contributed by atoms with Crippen LogP contribution in [0.1, 0.15) is 26.2 Å². The van der Waals surface area contributed by atoms with Crippen molar-refractivity contribution in [1.29, 1.82) is 0 Å². The average Bonchev–Trinajstić information content (AvgIpc) is 3.08. The van der Waals surface area contributed by atoms with E-state index in [2.05, 4.69) is 26.9 Å². The molecule has 1 saturated heterocycles. The Labute approximate surface area is 141 Å². The molecule has 130 valence electrons. The lowest BCUT2D eigenvalue weighted by atomic mass is 10.1. The number of piperidine rings is 1. The molecular formula is C16H24N6O2. The summed E-state index contributed by atoms with van der Waals surface area (Å²) in [5.74, 6) is 0.773. The zero-order valence-corrected chi connectivity index (χ0v) is 14.2. The molecule has 0 aliphatic carbocycles. The molecule has 1 aliphatic rings. The Balaban J connectivity index is 1.62. The summed E-state index contributed by atoms with van der Waals surface area (Å²) in [6.45, 7) is 4.59. The predicted octanol–water partition coefficient (Wildman–Crippen LogP) is 1.21. The minimum absolute atomic E-state index is 0.0913. The number of hydrogen-bond acceptors (Lipinski definition) is 6. The summed E-state index contributed by atoms with van der Waals surface area (Å²) in [7, 11) is 1.86. The number of aromatic nitrogens is 4. The van der Waals surface area contributed by atoms with Crippen LogP contribution in [0.4, 0.5) is 5.82 Å². The number of carbonyl (C=O) groups is 1. The fraction of sp³-hybridized carbons (Fsp3) is 0.625. The van der Waals surface area contributed by atoms with Gasteiger partial charge in [-0.05, 0) is 19.3 Å². The van der Waals surface area contributed by atoms with Gasteiger partial charge < -0.3 is 19.5 Å². The molecule has 0 saturated carbocycles. The number of anilines is 1. The van der Waals surface area contributed by atoms with Gasteiger partial charge in [0.1, 0.15) is 11.8 Å². The highest BCUT2D eigenvalue weighted by atomic mass is 16.5. The summed E-state index contributed by atoms with van der Waals surface area (Å²) < 4.78 is 5.81. The van der Waals surface area contributed by atoms with Crippen LogP contribution < -0.4 is 4.90 Å². The number of rotatable bonds is 6. The normalized spacial score (nSPS) is 18.1. The quantitative estimate of drug-likeness (QED) is 0.855. The first-order valence-corrected chi connectivity index (χ1v) is 8.43. The van der Waals surface area contributed by atoms with Crippen molar-refractivity contribution in [2.75, 3.05) is 38.2 Å². The van der Waals surface area contributed by atoms with Crippen LogP contribution in [-0.4, -0.2) is 70.1 Å². The summed E-state index contributed by atoms with van der Waals surface area (Å²) in [5.41, 5.74) is 1.35. The maximum Gasteiger partial charge on any atom is 0.242 e. The number of nitrogens with one attached hydrogen (secondary N) is 1. The lowest BCUT2D eigenvalue weighted by Gasteiger charge is -2.33. The average molecular weight is 332 g/mol. The molecule has 8 nitrogen and oxygen atoms in total. The first-order chi connectivity index (χ1) is 11.7. The van der Waals surface area contributed by atoms with E-state index < -0.39 is 0 Å². The smallest absolute Gasteiger partial charge is 0.242 e. The number of likely N-dealkylation sites (N-methyl/N-ethyl adjacent to an activating group) is 1. The molecule has 2 aromatic heterocycles. The van der Waals surface area contributed by atoms with E-state index in [1.807, 2.05) is 16.8 Å². The van der Waals surface area contributed by atoms with Gasteiger partial charge in [-0.25, -0.2) is 15.0 Å². The third-order valence-electron chi connectivity index (χ3n) is 4.23. The third-order valence-corrected chi connectivity index (χ3v) is 4.23. The van der Waals surface area contributed by atoms with Crippen molar-refractivity contribution >= 4 is 22.9 Å². The van der Waals surface area contributed by atoms with Crippen molar-refractivity contribution in [3.05, 3.63) is 12.7 Å². The maximum absolute atomic E-state index is 12.6. The summed E-state index contributed by atoms with van der Waals surface area (Å²) in [6.07, 6.45) is 6.23. The van der Waals surface area contributed by atoms with Crippen molar-refractivity contribution in [3.63, 3.8) is 0 Å². The van der Waals surface area contributed by atoms with Gasteiger partial charge in [-0.1, -0.05) is 6.92 Å². The lowest BCUT2D eigenvalue weighted by Crippen LogP contribution is -2.47. The molecule has 8 heteroatoms. The molecule has 3 rings (SSSR count). The minimum Gasteiger partial charge on any atom is -0.376 e. The number of aromatic amines is 1. The number of hydrogen-bond donors (Lipinski definition) is 1. The van der Waals surface area contributed by atoms with Gasteiger partial charge in [-0.2, -0.15) is 0 Å². The topological polar surface area (TPSA) is 87.2 Å². The number of ether oxygens (including phenoxy) is 1. The summed E-state index contributed by atoms with van der Waals surface area (Å²) in [5, 5.41) is 0. The van der Waals surface area contributed by atoms with Gasteiger partial charge in [0.05, 0.1) is 19.0 Å². The van der Waals surface area contributed by atoms with Gasteiger partial charge in [0, 0.05) is 26.7 Å². The monoisotopic (exact) mass is 332 g/mol. The predicted molar refractivity (Wildman–Crippen MR) is 90.8 cm³/mol. The van der Waals surface area contributed by atoms with Crippen LogP contribution in [0.5, 0.6) is 0 Å². The zero-order chi connectivity index (χ0) is 16.9. The molecule has 2 aromatic rings. The molecule has 24 heavy (non-hydrogen) atoms. The Hall–Kier alpha value is -2.22. The number of amides is 1. The number of imidazole rings is 1. The second-order valence-electron chi connectivity index (χ2n) is 6.13. The van der Waals surface area contributed by atoms with Crippen LogP contribution in [0.15, 0.2) is 12.7 Å². The second-order valence-corrected chi connectivity index (χ2v) is 6.13. The molecule has 1 fully saturated rings. The SMILES string of the molecule is CCCO[C@@H]1CCCN(C(=O)CN(C)c2ncnc3nc[nH]c23)C1. The summed E-state index contributed by atoms with van der Waals surface area (Å²) in [6, 6.07) is 0. The van der Waals surface area contributed by atoms with Crippen LogP contribution in [0.2, 0.25) is 0 Å². The Kier molecular flexibility index (Phi) is 5.24. The molecule has 1 N–H and O–H groups in total. The Morgan fingerprint density at radius 3 is 3.17 bits per heavy atom. The second kappa shape index (κ2) is 7.57. The number of likely N-dealkylation sites (tertiary alicyclic amines) is 1. The number of fused-ring (bicyclic) bond motifs is 1. The first kappa shape index (κ1) is 16.6. The highest BCUT2D eigenvalue weighted by Gasteiger charge is 2.25. The van der Waals surface area contributed by atoms with Crippen molar-refractivity contribution in [3.8, 4) is 0 Å². The van der Waals surface area contributed by atoms with E-state index in [1.54, 1.807) is 6.33 Å². The highest BCUT2D eigenvalue weighted by molar-refractivity contribution is 5.87. The molecular weight excluding hydrogens is 308 g/mol. The molecule has 0 spiro atoms. The van der Waals surface area contributed by atoms with Gasteiger partial charge >= 0.3 is 0 Å². The van der Waals surface area contributed by atoms with Crippen LogP contribution >= 0.6 is 0 Å². The van der Waals surface area contributed by atoms with Gasteiger partial charge in [0.2, 0.25) is 5.91 Å². The number of nitrogens with zero attached hydrogens (tertiary/aromatic N) is 5. The fourth-order valence-corrected chi connectivity index (χ4v) is 3.00. The molecule has 3 heterocycles. The van der Waals surface area contributed by atoms with Gasteiger partial charge in [-0.15, -0.1) is 0 Å². The molecule has 0 bridgehead atoms. The third kappa shape index (κ3) is 3.64. The number of H-pyrrole nitrogens is 1. The highest BCUT2D eigenvalue weighted by Crippen LogP contribution is 2.19. The Morgan fingerprint density at radius 1 is 1.46 bits per heavy atom. The zero-order valence-electron chi connectivity index (χ0n) is 14.2.